The number of halogens is 1. The number of carbonyl (C=O) groups excluding carboxylic acids is 1. The van der Waals surface area contributed by atoms with Crippen molar-refractivity contribution in [3.05, 3.63) is 70.3 Å². The highest BCUT2D eigenvalue weighted by Gasteiger charge is 2.40. The number of anilines is 1. The van der Waals surface area contributed by atoms with Crippen LogP contribution in [0.15, 0.2) is 48.6 Å². The van der Waals surface area contributed by atoms with Gasteiger partial charge in [0.25, 0.3) is 5.91 Å². The van der Waals surface area contributed by atoms with Gasteiger partial charge in [0.1, 0.15) is 11.0 Å². The second-order valence-electron chi connectivity index (χ2n) is 15.9. The summed E-state index contributed by atoms with van der Waals surface area (Å²) < 4.78 is 22.9. The molecule has 0 radical (unpaired) electrons. The molecule has 8 atom stereocenters. The molecule has 7 nitrogen and oxygen atoms in total. The van der Waals surface area contributed by atoms with Gasteiger partial charge in [-0.15, -0.1) is 0 Å². The maximum absolute atomic E-state index is 13.5. The first kappa shape index (κ1) is 36.1. The Morgan fingerprint density at radius 2 is 1.90 bits per heavy atom. The van der Waals surface area contributed by atoms with E-state index in [0.29, 0.717) is 36.0 Å². The van der Waals surface area contributed by atoms with Gasteiger partial charge in [-0.25, -0.2) is 0 Å². The monoisotopic (exact) mass is 720 g/mol. The molecule has 7 unspecified atom stereocenters. The second-order valence-corrected chi connectivity index (χ2v) is 17.9. The number of hydrogen-bond acceptors (Lipinski definition) is 6. The summed E-state index contributed by atoms with van der Waals surface area (Å²) in [5.41, 5.74) is 4.10. The smallest absolute Gasteiger partial charge is 0.292 e. The van der Waals surface area contributed by atoms with E-state index in [9.17, 15) is 9.35 Å². The highest BCUT2D eigenvalue weighted by molar-refractivity contribution is 7.90. The highest BCUT2D eigenvalue weighted by Crippen LogP contribution is 2.45. The number of carbonyl (C=O) groups is 1. The number of allylic oxidation sites excluding steroid dienone is 1. The Morgan fingerprint density at radius 3 is 2.72 bits per heavy atom. The molecule has 1 saturated carbocycles. The fourth-order valence-corrected chi connectivity index (χ4v) is 10.5. The quantitative estimate of drug-likeness (QED) is 0.256. The highest BCUT2D eigenvalue weighted by atomic mass is 35.5. The van der Waals surface area contributed by atoms with Crippen LogP contribution in [0, 0.1) is 23.7 Å². The van der Waals surface area contributed by atoms with Gasteiger partial charge in [0, 0.05) is 67.7 Å². The number of amides is 1. The number of rotatable bonds is 5. The number of hydrogen-bond donors (Lipinski definition) is 1. The van der Waals surface area contributed by atoms with Crippen LogP contribution < -0.4 is 14.4 Å². The first-order valence-corrected chi connectivity index (χ1v) is 21.0. The lowest BCUT2D eigenvalue weighted by molar-refractivity contribution is 0.0283. The summed E-state index contributed by atoms with van der Waals surface area (Å²) in [5.74, 6) is 2.52. The predicted octanol–water partition coefficient (Wildman–Crippen LogP) is 7.47. The summed E-state index contributed by atoms with van der Waals surface area (Å²) in [7, 11) is 0. The van der Waals surface area contributed by atoms with Crippen molar-refractivity contribution in [3.63, 3.8) is 0 Å². The number of nitrogens with one attached hydrogen (secondary N) is 1. The summed E-state index contributed by atoms with van der Waals surface area (Å²) in [6.45, 7) is 14.6. The third kappa shape index (κ3) is 8.05. The molecule has 1 N–H and O–H groups in total. The van der Waals surface area contributed by atoms with Crippen molar-refractivity contribution in [1.29, 1.82) is 0 Å². The fourth-order valence-electron chi connectivity index (χ4n) is 9.26. The largest absolute Gasteiger partial charge is 0.593 e. The molecule has 5 aliphatic rings. The first-order valence-electron chi connectivity index (χ1n) is 19.4. The Morgan fingerprint density at radius 1 is 1.02 bits per heavy atom. The van der Waals surface area contributed by atoms with E-state index in [1.54, 1.807) is 0 Å². The SMILES string of the molecule is CCCc1cc(Cl)ccc1C1COc2ccc3cc2N(C1)CC1CC[C@H]1C(CN1CCN2CCCCC2C1)/C=C/CC(C)C(C)[S+]([O-])NC3=O. The lowest BCUT2D eigenvalue weighted by atomic mass is 9.66. The zero-order valence-electron chi connectivity index (χ0n) is 30.3. The zero-order valence-corrected chi connectivity index (χ0v) is 31.9. The number of piperazine rings is 1. The van der Waals surface area contributed by atoms with Gasteiger partial charge in [-0.3, -0.25) is 14.6 Å². The molecule has 7 rings (SSSR count). The maximum atomic E-state index is 13.5. The van der Waals surface area contributed by atoms with E-state index in [4.69, 9.17) is 16.3 Å². The van der Waals surface area contributed by atoms with Gasteiger partial charge >= 0.3 is 0 Å². The molecular weight excluding hydrogens is 664 g/mol. The number of benzene rings is 2. The van der Waals surface area contributed by atoms with E-state index < -0.39 is 11.4 Å². The molecule has 4 aliphatic heterocycles. The van der Waals surface area contributed by atoms with Crippen molar-refractivity contribution in [2.75, 3.05) is 57.3 Å². The molecule has 2 aromatic carbocycles. The molecule has 2 saturated heterocycles. The van der Waals surface area contributed by atoms with E-state index in [1.807, 2.05) is 31.2 Å². The van der Waals surface area contributed by atoms with Crippen molar-refractivity contribution in [1.82, 2.24) is 14.5 Å². The van der Waals surface area contributed by atoms with Crippen molar-refractivity contribution < 1.29 is 14.1 Å². The maximum Gasteiger partial charge on any atom is 0.292 e. The number of fused-ring (bicyclic) bond motifs is 3. The molecule has 0 aromatic heterocycles. The average molecular weight is 721 g/mol. The van der Waals surface area contributed by atoms with Gasteiger partial charge in [0.05, 0.1) is 23.7 Å². The minimum Gasteiger partial charge on any atom is -0.593 e. The van der Waals surface area contributed by atoms with Crippen LogP contribution in [0.25, 0.3) is 0 Å². The summed E-state index contributed by atoms with van der Waals surface area (Å²) in [6.07, 6.45) is 14.3. The van der Waals surface area contributed by atoms with Crippen LogP contribution in [-0.4, -0.2) is 84.0 Å². The molecule has 3 fully saturated rings. The normalized spacial score (nSPS) is 33.2. The number of piperidine rings is 1. The Labute approximate surface area is 308 Å². The molecule has 0 spiro atoms. The topological polar surface area (TPSA) is 71.1 Å². The summed E-state index contributed by atoms with van der Waals surface area (Å²) in [4.78, 5) is 21.5. The third-order valence-electron chi connectivity index (χ3n) is 12.6. The second kappa shape index (κ2) is 16.2. The van der Waals surface area contributed by atoms with Crippen molar-refractivity contribution in [2.45, 2.75) is 89.3 Å². The van der Waals surface area contributed by atoms with Crippen molar-refractivity contribution >= 4 is 34.6 Å². The van der Waals surface area contributed by atoms with Gasteiger partial charge in [0.2, 0.25) is 0 Å². The zero-order chi connectivity index (χ0) is 34.8. The van der Waals surface area contributed by atoms with E-state index in [1.165, 1.54) is 62.9 Å². The molecule has 9 heteroatoms. The van der Waals surface area contributed by atoms with Gasteiger partial charge in [0.15, 0.2) is 0 Å². The minimum atomic E-state index is -1.49. The van der Waals surface area contributed by atoms with E-state index >= 15 is 0 Å². The standard InChI is InChI=1S/C41H57ClN4O3S/c1-4-8-30-21-35(42)14-16-37(30)34-25-46-24-33-12-15-38(33)32(23-44-19-20-45-18-6-5-11-36(45)26-44)10-7-9-28(2)29(3)50(48)43-41(47)31-13-17-40(49-27-34)39(46)22-31/h7,10,13-14,16-17,21-22,28-29,32-34,36,38H,4-6,8-9,11-12,15,18-20,23-27H2,1-3H3,(H,43,47)/b10-7+/t28?,29?,32?,33?,34?,36?,38-,50?/m0/s1. The van der Waals surface area contributed by atoms with Crippen LogP contribution in [-0.2, 0) is 17.8 Å². The molecule has 2 bridgehead atoms. The van der Waals surface area contributed by atoms with Crippen LogP contribution in [0.4, 0.5) is 5.69 Å². The molecule has 272 valence electrons. The Balaban J connectivity index is 1.20. The number of aryl methyl sites for hydroxylation is 1. The van der Waals surface area contributed by atoms with E-state index in [2.05, 4.69) is 57.6 Å². The van der Waals surface area contributed by atoms with Gasteiger partial charge in [-0.2, -0.15) is 4.72 Å². The van der Waals surface area contributed by atoms with E-state index in [0.717, 1.165) is 61.9 Å². The molecule has 1 aliphatic carbocycles. The summed E-state index contributed by atoms with van der Waals surface area (Å²) >= 11 is 5.01. The molecular formula is C41H57ClN4O3S. The summed E-state index contributed by atoms with van der Waals surface area (Å²) in [6, 6.07) is 12.8. The number of ether oxygens (including phenoxy) is 1. The molecule has 4 heterocycles. The Bertz CT molecular complexity index is 1520. The Hall–Kier alpha value is -2.23. The number of nitrogens with zero attached hydrogens (tertiary/aromatic N) is 3. The van der Waals surface area contributed by atoms with E-state index in [-0.39, 0.29) is 23.0 Å². The van der Waals surface area contributed by atoms with Crippen LogP contribution in [0.1, 0.15) is 93.1 Å². The molecule has 1 amide bonds. The lowest BCUT2D eigenvalue weighted by Crippen LogP contribution is -2.56. The van der Waals surface area contributed by atoms with Crippen molar-refractivity contribution in [3.8, 4) is 5.75 Å². The van der Waals surface area contributed by atoms with Crippen molar-refractivity contribution in [2.24, 2.45) is 23.7 Å². The molecule has 50 heavy (non-hydrogen) atoms. The molecule has 2 aromatic rings. The third-order valence-corrected chi connectivity index (χ3v) is 14.4. The Kier molecular flexibility index (Phi) is 11.7. The minimum absolute atomic E-state index is 0.163. The fraction of sp³-hybridized carbons (Fsp3) is 0.634. The van der Waals surface area contributed by atoms with Gasteiger partial charge in [-0.1, -0.05) is 56.5 Å². The van der Waals surface area contributed by atoms with Crippen LogP contribution >= 0.6 is 11.6 Å². The van der Waals surface area contributed by atoms with Crippen LogP contribution in [0.3, 0.4) is 0 Å². The van der Waals surface area contributed by atoms with Crippen LogP contribution in [0.2, 0.25) is 5.02 Å². The summed E-state index contributed by atoms with van der Waals surface area (Å²) in [5, 5.41) is 0.613. The van der Waals surface area contributed by atoms with Crippen LogP contribution in [0.5, 0.6) is 5.75 Å². The predicted molar refractivity (Wildman–Crippen MR) is 206 cm³/mol. The average Bonchev–Trinajstić information content (AvgIpc) is 3.28. The van der Waals surface area contributed by atoms with Gasteiger partial charge < -0.3 is 14.2 Å². The lowest BCUT2D eigenvalue weighted by Gasteiger charge is -2.48. The van der Waals surface area contributed by atoms with Gasteiger partial charge in [-0.05, 0) is 111 Å². The first-order chi connectivity index (χ1) is 24.3.